The van der Waals surface area contributed by atoms with Crippen LogP contribution in [0, 0.1) is 17.1 Å². The molecule has 2 aromatic heterocycles. The van der Waals surface area contributed by atoms with Crippen molar-refractivity contribution in [2.45, 2.75) is 0 Å². The van der Waals surface area contributed by atoms with Crippen molar-refractivity contribution in [1.29, 1.82) is 5.26 Å². The second-order valence-electron chi connectivity index (χ2n) is 4.14. The molecule has 0 amide bonds. The SMILES string of the molecule is N#Cc1c(-c2cccs2)oc(N)c1-c1ccc(F)cc1. The van der Waals surface area contributed by atoms with Crippen LogP contribution in [0.4, 0.5) is 10.3 Å². The molecule has 0 radical (unpaired) electrons. The Morgan fingerprint density at radius 2 is 1.95 bits per heavy atom. The molecule has 0 bridgehead atoms. The van der Waals surface area contributed by atoms with Gasteiger partial charge in [0.05, 0.1) is 10.4 Å². The maximum atomic E-state index is 13.0. The molecule has 2 N–H and O–H groups in total. The fraction of sp³-hybridized carbons (Fsp3) is 0. The van der Waals surface area contributed by atoms with Gasteiger partial charge in [0.1, 0.15) is 17.4 Å². The van der Waals surface area contributed by atoms with Crippen molar-refractivity contribution < 1.29 is 8.81 Å². The van der Waals surface area contributed by atoms with Gasteiger partial charge >= 0.3 is 0 Å². The number of hydrogen-bond acceptors (Lipinski definition) is 4. The minimum absolute atomic E-state index is 0.163. The molecule has 1 aromatic carbocycles. The molecule has 0 aliphatic rings. The average molecular weight is 284 g/mol. The van der Waals surface area contributed by atoms with Crippen LogP contribution in [0.2, 0.25) is 0 Å². The van der Waals surface area contributed by atoms with Gasteiger partial charge in [-0.25, -0.2) is 4.39 Å². The summed E-state index contributed by atoms with van der Waals surface area (Å²) in [4.78, 5) is 0.835. The molecule has 3 aromatic rings. The van der Waals surface area contributed by atoms with Crippen LogP contribution < -0.4 is 5.73 Å². The van der Waals surface area contributed by atoms with Gasteiger partial charge < -0.3 is 10.2 Å². The van der Waals surface area contributed by atoms with Gasteiger partial charge in [-0.15, -0.1) is 11.3 Å². The Morgan fingerprint density at radius 3 is 2.55 bits per heavy atom. The molecule has 0 saturated carbocycles. The lowest BCUT2D eigenvalue weighted by atomic mass is 10.0. The van der Waals surface area contributed by atoms with Crippen molar-refractivity contribution in [2.75, 3.05) is 5.73 Å². The third kappa shape index (κ3) is 1.96. The predicted octanol–water partition coefficient (Wildman–Crippen LogP) is 4.27. The second kappa shape index (κ2) is 4.83. The highest BCUT2D eigenvalue weighted by atomic mass is 32.1. The summed E-state index contributed by atoms with van der Waals surface area (Å²) in [6, 6.07) is 11.7. The third-order valence-electron chi connectivity index (χ3n) is 2.93. The average Bonchev–Trinajstić information content (AvgIpc) is 3.07. The molecule has 0 spiro atoms. The zero-order valence-electron chi connectivity index (χ0n) is 10.3. The molecular weight excluding hydrogens is 275 g/mol. The maximum absolute atomic E-state index is 13.0. The number of nitrogens with two attached hydrogens (primary N) is 1. The zero-order chi connectivity index (χ0) is 14.1. The van der Waals surface area contributed by atoms with Gasteiger partial charge in [0.15, 0.2) is 11.6 Å². The number of anilines is 1. The Bertz CT molecular complexity index is 783. The number of nitriles is 1. The monoisotopic (exact) mass is 284 g/mol. The molecule has 0 aliphatic heterocycles. The highest BCUT2D eigenvalue weighted by Crippen LogP contribution is 2.40. The van der Waals surface area contributed by atoms with E-state index in [4.69, 9.17) is 10.2 Å². The molecule has 5 heteroatoms. The molecule has 98 valence electrons. The van der Waals surface area contributed by atoms with Crippen LogP contribution in [0.5, 0.6) is 0 Å². The highest BCUT2D eigenvalue weighted by Gasteiger charge is 2.21. The van der Waals surface area contributed by atoms with Crippen LogP contribution in [0.15, 0.2) is 46.2 Å². The minimum atomic E-state index is -0.340. The van der Waals surface area contributed by atoms with Gasteiger partial charge in [0.25, 0.3) is 0 Å². The van der Waals surface area contributed by atoms with E-state index in [9.17, 15) is 9.65 Å². The summed E-state index contributed by atoms with van der Waals surface area (Å²) in [6.45, 7) is 0. The van der Waals surface area contributed by atoms with E-state index in [1.165, 1.54) is 23.5 Å². The molecule has 0 unspecified atom stereocenters. The Morgan fingerprint density at radius 1 is 1.20 bits per heavy atom. The van der Waals surface area contributed by atoms with Gasteiger partial charge in [0, 0.05) is 0 Å². The van der Waals surface area contributed by atoms with E-state index >= 15 is 0 Å². The molecule has 0 atom stereocenters. The number of benzene rings is 1. The summed E-state index contributed by atoms with van der Waals surface area (Å²) in [5, 5.41) is 11.3. The van der Waals surface area contributed by atoms with E-state index in [2.05, 4.69) is 6.07 Å². The van der Waals surface area contributed by atoms with Gasteiger partial charge in [-0.1, -0.05) is 18.2 Å². The zero-order valence-corrected chi connectivity index (χ0v) is 11.1. The van der Waals surface area contributed by atoms with Gasteiger partial charge in [-0.05, 0) is 29.1 Å². The Labute approximate surface area is 118 Å². The van der Waals surface area contributed by atoms with Crippen LogP contribution >= 0.6 is 11.3 Å². The first-order valence-corrected chi connectivity index (χ1v) is 6.71. The Kier molecular flexibility index (Phi) is 3.01. The molecule has 2 heterocycles. The number of nitrogens with zero attached hydrogens (tertiary/aromatic N) is 1. The maximum Gasteiger partial charge on any atom is 0.200 e. The Balaban J connectivity index is 2.22. The summed E-state index contributed by atoms with van der Waals surface area (Å²) < 4.78 is 18.5. The number of hydrogen-bond donors (Lipinski definition) is 1. The van der Waals surface area contributed by atoms with E-state index in [1.807, 2.05) is 17.5 Å². The summed E-state index contributed by atoms with van der Waals surface area (Å²) in [5.74, 6) is 0.281. The van der Waals surface area contributed by atoms with Crippen LogP contribution in [-0.2, 0) is 0 Å². The summed E-state index contributed by atoms with van der Waals surface area (Å²) in [5.41, 5.74) is 7.43. The number of furan rings is 1. The van der Waals surface area contributed by atoms with Crippen molar-refractivity contribution in [2.24, 2.45) is 0 Å². The molecule has 0 fully saturated rings. The lowest BCUT2D eigenvalue weighted by Crippen LogP contribution is -1.87. The lowest BCUT2D eigenvalue weighted by Gasteiger charge is -1.99. The third-order valence-corrected chi connectivity index (χ3v) is 3.79. The first kappa shape index (κ1) is 12.5. The first-order valence-electron chi connectivity index (χ1n) is 5.83. The van der Waals surface area contributed by atoms with E-state index in [0.717, 1.165) is 4.88 Å². The van der Waals surface area contributed by atoms with E-state index in [0.29, 0.717) is 22.5 Å². The topological polar surface area (TPSA) is 63.0 Å². The Hall–Kier alpha value is -2.58. The minimum Gasteiger partial charge on any atom is -0.438 e. The van der Waals surface area contributed by atoms with Crippen molar-refractivity contribution in [3.8, 4) is 27.8 Å². The van der Waals surface area contributed by atoms with E-state index < -0.39 is 0 Å². The van der Waals surface area contributed by atoms with Crippen LogP contribution in [0.25, 0.3) is 21.8 Å². The first-order chi connectivity index (χ1) is 9.70. The predicted molar refractivity (Wildman–Crippen MR) is 76.5 cm³/mol. The smallest absolute Gasteiger partial charge is 0.200 e. The molecule has 0 saturated heterocycles. The fourth-order valence-electron chi connectivity index (χ4n) is 2.04. The number of nitrogen functional groups attached to an aromatic ring is 1. The normalized spacial score (nSPS) is 10.4. The summed E-state index contributed by atoms with van der Waals surface area (Å²) >= 11 is 1.46. The lowest BCUT2D eigenvalue weighted by molar-refractivity contribution is 0.604. The van der Waals surface area contributed by atoms with Crippen LogP contribution in [0.1, 0.15) is 5.56 Å². The molecule has 20 heavy (non-hydrogen) atoms. The van der Waals surface area contributed by atoms with Crippen molar-refractivity contribution in [3.05, 3.63) is 53.2 Å². The largest absolute Gasteiger partial charge is 0.438 e. The van der Waals surface area contributed by atoms with Crippen LogP contribution in [-0.4, -0.2) is 0 Å². The fourth-order valence-corrected chi connectivity index (χ4v) is 2.75. The molecular formula is C15H9FN2OS. The molecule has 0 aliphatic carbocycles. The number of rotatable bonds is 2. The standard InChI is InChI=1S/C15H9FN2OS/c16-10-5-3-9(4-6-10)13-11(8-17)14(19-15(13)18)12-2-1-7-20-12/h1-7H,18H2. The van der Waals surface area contributed by atoms with Crippen LogP contribution in [0.3, 0.4) is 0 Å². The van der Waals surface area contributed by atoms with E-state index in [1.54, 1.807) is 12.1 Å². The molecule has 3 rings (SSSR count). The van der Waals surface area contributed by atoms with Crippen molar-refractivity contribution >= 4 is 17.2 Å². The quantitative estimate of drug-likeness (QED) is 0.764. The van der Waals surface area contributed by atoms with Gasteiger partial charge in [-0.3, -0.25) is 0 Å². The molecule has 3 nitrogen and oxygen atoms in total. The second-order valence-corrected chi connectivity index (χ2v) is 5.09. The number of halogens is 1. The van der Waals surface area contributed by atoms with E-state index in [-0.39, 0.29) is 11.7 Å². The van der Waals surface area contributed by atoms with Gasteiger partial charge in [-0.2, -0.15) is 5.26 Å². The summed E-state index contributed by atoms with van der Waals surface area (Å²) in [7, 11) is 0. The van der Waals surface area contributed by atoms with Gasteiger partial charge in [0.2, 0.25) is 0 Å². The van der Waals surface area contributed by atoms with Crippen molar-refractivity contribution in [3.63, 3.8) is 0 Å². The number of thiophene rings is 1. The highest BCUT2D eigenvalue weighted by molar-refractivity contribution is 7.13. The summed E-state index contributed by atoms with van der Waals surface area (Å²) in [6.07, 6.45) is 0. The van der Waals surface area contributed by atoms with Crippen molar-refractivity contribution in [1.82, 2.24) is 0 Å².